The van der Waals surface area contributed by atoms with Crippen LogP contribution in [-0.2, 0) is 51.3 Å². The predicted octanol–water partition coefficient (Wildman–Crippen LogP) is 0.290. The number of carbonyl (C=O) groups is 5. The van der Waals surface area contributed by atoms with Crippen LogP contribution >= 0.6 is 34.7 Å². The number of aromatic nitrogens is 3. The van der Waals surface area contributed by atoms with Crippen molar-refractivity contribution in [2.45, 2.75) is 64.0 Å². The smallest absolute Gasteiger partial charge is 0.413 e. The van der Waals surface area contributed by atoms with Gasteiger partial charge in [-0.1, -0.05) is 40.2 Å². The molecule has 4 aromatic rings. The van der Waals surface area contributed by atoms with Gasteiger partial charge in [0.25, 0.3) is 11.8 Å². The van der Waals surface area contributed by atoms with E-state index < -0.39 is 58.7 Å². The van der Waals surface area contributed by atoms with Gasteiger partial charge in [-0.3, -0.25) is 19.8 Å². The second kappa shape index (κ2) is 19.5. The molecule has 23 heteroatoms. The van der Waals surface area contributed by atoms with Crippen LogP contribution in [0.25, 0.3) is 11.0 Å². The van der Waals surface area contributed by atoms with Gasteiger partial charge in [0, 0.05) is 23.5 Å². The van der Waals surface area contributed by atoms with Gasteiger partial charge in [0.05, 0.1) is 13.3 Å². The van der Waals surface area contributed by atoms with Gasteiger partial charge in [0.2, 0.25) is 11.6 Å². The minimum absolute atomic E-state index is 0. The van der Waals surface area contributed by atoms with Crippen LogP contribution in [0, 0.1) is 0 Å². The third kappa shape index (κ3) is 10.3. The predicted molar refractivity (Wildman–Crippen MR) is 215 cm³/mol. The lowest BCUT2D eigenvalue weighted by Crippen LogP contribution is -3.00. The summed E-state index contributed by atoms with van der Waals surface area (Å²) < 4.78 is 23.9. The number of halogens is 2. The summed E-state index contributed by atoms with van der Waals surface area (Å²) in [4.78, 5) is 82.7. The van der Waals surface area contributed by atoms with Crippen molar-refractivity contribution in [3.05, 3.63) is 81.7 Å². The number of esters is 1. The van der Waals surface area contributed by atoms with Crippen molar-refractivity contribution in [1.82, 2.24) is 19.9 Å². The largest absolute Gasteiger partial charge is 1.00 e. The van der Waals surface area contributed by atoms with Crippen molar-refractivity contribution in [2.75, 3.05) is 25.3 Å². The number of anilines is 1. The molecule has 0 aliphatic carbocycles. The summed E-state index contributed by atoms with van der Waals surface area (Å²) in [6, 6.07) is 11.4. The van der Waals surface area contributed by atoms with Gasteiger partial charge >= 0.3 is 26.1 Å². The number of methoxy groups -OCH3 is 1. The molecule has 0 saturated carbocycles. The van der Waals surface area contributed by atoms with Crippen LogP contribution in [-0.4, -0.2) is 101 Å². The molecule has 0 spiro atoms. The van der Waals surface area contributed by atoms with E-state index in [2.05, 4.69) is 25.4 Å². The van der Waals surface area contributed by atoms with E-state index >= 15 is 0 Å². The average molecular weight is 994 g/mol. The van der Waals surface area contributed by atoms with Gasteiger partial charge in [0.15, 0.2) is 29.1 Å². The molecule has 2 unspecified atom stereocenters. The molecule has 1 fully saturated rings. The monoisotopic (exact) mass is 993 g/mol. The highest BCUT2D eigenvalue weighted by atomic mass is 127. The van der Waals surface area contributed by atoms with Crippen LogP contribution in [0.3, 0.4) is 0 Å². The van der Waals surface area contributed by atoms with Crippen LogP contribution in [0.15, 0.2) is 71.3 Å². The number of β-lactam (4-membered cyclic amide) rings is 1. The molecule has 3 atom stereocenters. The number of rotatable bonds is 14. The fourth-order valence-corrected chi connectivity index (χ4v) is 8.30. The molecule has 2 aliphatic heterocycles. The molecule has 3 aromatic heterocycles. The number of benzene rings is 1. The highest BCUT2D eigenvalue weighted by Gasteiger charge is 2.55. The molecule has 0 bridgehead atoms. The summed E-state index contributed by atoms with van der Waals surface area (Å²) in [7, 11) is 8.07. The Bertz CT molecular complexity index is 2350. The van der Waals surface area contributed by atoms with E-state index in [1.165, 1.54) is 23.6 Å². The fourth-order valence-electron chi connectivity index (χ4n) is 5.94. The van der Waals surface area contributed by atoms with Gasteiger partial charge in [0.1, 0.15) is 52.2 Å². The van der Waals surface area contributed by atoms with E-state index in [0.29, 0.717) is 16.9 Å². The first-order valence-corrected chi connectivity index (χ1v) is 20.0. The Hall–Kier alpha value is -5.07. The molecule has 2 N–H and O–H groups in total. The van der Waals surface area contributed by atoms with E-state index in [9.17, 15) is 24.0 Å². The first-order valence-electron chi connectivity index (χ1n) is 17.7. The summed E-state index contributed by atoms with van der Waals surface area (Å²) >= 11 is 8.59. The number of thiazole rings is 1. The first-order chi connectivity index (χ1) is 28.1. The number of nitrogens with zero attached hydrogens (tertiary/aromatic N) is 5. The Morgan fingerprint density at radius 1 is 1.13 bits per heavy atom. The van der Waals surface area contributed by atoms with E-state index in [0.717, 1.165) is 22.4 Å². The summed E-state index contributed by atoms with van der Waals surface area (Å²) in [6.07, 6.45) is 1.40. The second-order valence-corrected chi connectivity index (χ2v) is 16.6. The minimum atomic E-state index is -1.37. The Balaban J connectivity index is 0.00000683. The highest BCUT2D eigenvalue weighted by molar-refractivity contribution is 8.00. The van der Waals surface area contributed by atoms with Gasteiger partial charge in [-0.15, -0.1) is 11.8 Å². The lowest BCUT2D eigenvalue weighted by molar-refractivity contribution is -0.663. The number of hydrogen-bond acceptors (Lipinski definition) is 15. The number of fused-ring (bicyclic) bond motifs is 2. The quantitative estimate of drug-likeness (QED) is 0.0333. The second-order valence-electron chi connectivity index (χ2n) is 13.9. The van der Waals surface area contributed by atoms with Crippen molar-refractivity contribution < 1.29 is 81.1 Å². The van der Waals surface area contributed by atoms with Crippen molar-refractivity contribution in [1.29, 1.82) is 0 Å². The van der Waals surface area contributed by atoms with Crippen LogP contribution in [0.1, 0.15) is 39.0 Å². The molecule has 1 aromatic carbocycles. The number of pyridine rings is 1. The van der Waals surface area contributed by atoms with Crippen molar-refractivity contribution >= 4 is 94.5 Å². The minimum Gasteiger partial charge on any atom is -1.00 e. The number of hydrogen-bond donors (Lipinski definition) is 2. The molecular weight excluding hydrogens is 956 g/mol. The highest BCUT2D eigenvalue weighted by Crippen LogP contribution is 2.41. The van der Waals surface area contributed by atoms with Gasteiger partial charge in [-0.05, 0) is 51.5 Å². The van der Waals surface area contributed by atoms with E-state index in [1.807, 2.05) is 29.0 Å². The Labute approximate surface area is 375 Å². The van der Waals surface area contributed by atoms with E-state index in [-0.39, 0.29) is 63.7 Å². The van der Waals surface area contributed by atoms with Crippen molar-refractivity contribution in [3.8, 4) is 5.75 Å². The molecule has 5 heterocycles. The lowest BCUT2D eigenvalue weighted by atomic mass is 10.0. The van der Waals surface area contributed by atoms with Gasteiger partial charge in [-0.2, -0.15) is 9.30 Å². The maximum absolute atomic E-state index is 14.1. The molecule has 2 radical (unpaired) electrons. The van der Waals surface area contributed by atoms with Crippen LogP contribution < -0.4 is 48.8 Å². The first kappa shape index (κ1) is 46.0. The van der Waals surface area contributed by atoms with Gasteiger partial charge < -0.3 is 57.8 Å². The van der Waals surface area contributed by atoms with E-state index in [4.69, 9.17) is 43.5 Å². The number of amides is 3. The average Bonchev–Trinajstić information content (AvgIpc) is 3.80. The number of oxime groups is 1. The third-order valence-electron chi connectivity index (χ3n) is 8.69. The summed E-state index contributed by atoms with van der Waals surface area (Å²) in [5.74, 6) is -2.42. The molecule has 1 saturated heterocycles. The Morgan fingerprint density at radius 2 is 1.87 bits per heavy atom. The van der Waals surface area contributed by atoms with Crippen molar-refractivity contribution in [2.24, 2.45) is 5.16 Å². The van der Waals surface area contributed by atoms with Crippen LogP contribution in [0.5, 0.6) is 5.75 Å². The number of carbonyl (C=O) groups excluding carboxylic acids is 5. The van der Waals surface area contributed by atoms with Crippen LogP contribution in [0.4, 0.5) is 9.93 Å². The van der Waals surface area contributed by atoms with Gasteiger partial charge in [-0.25, -0.2) is 19.4 Å². The number of thioether (sulfide) groups is 1. The normalized spacial score (nSPS) is 16.8. The molecule has 6 rings (SSSR count). The Morgan fingerprint density at radius 3 is 2.53 bits per heavy atom. The molecule has 18 nitrogen and oxygen atoms in total. The molecule has 316 valence electrons. The molecule has 60 heavy (non-hydrogen) atoms. The lowest BCUT2D eigenvalue weighted by Gasteiger charge is -2.49. The SMILES string of the molecule is [B]OC(=O)[C@H](C)O/N=C(\C(=O)NC1C(=O)N2C(C(=O)OCc3ccc(OC)cc3)=C(C[n+]3cccc4c3ccn4OC)CSC12)c1nc(NC(=O)OC(C)(C)C)sc1Cl.[I-]. The van der Waals surface area contributed by atoms with Crippen LogP contribution in [0.2, 0.25) is 4.34 Å². The topological polar surface area (TPSA) is 202 Å². The third-order valence-corrected chi connectivity index (χ3v) is 11.2. The van der Waals surface area contributed by atoms with E-state index in [1.54, 1.807) is 70.2 Å². The zero-order valence-electron chi connectivity index (χ0n) is 32.9. The number of ether oxygens (including phenoxy) is 3. The Kier molecular flexibility index (Phi) is 15.0. The zero-order valence-corrected chi connectivity index (χ0v) is 37.5. The maximum atomic E-state index is 14.1. The summed E-state index contributed by atoms with van der Waals surface area (Å²) in [6.45, 7) is 6.42. The summed E-state index contributed by atoms with van der Waals surface area (Å²) in [5.41, 5.74) is 1.32. The zero-order chi connectivity index (χ0) is 42.6. The summed E-state index contributed by atoms with van der Waals surface area (Å²) in [5, 5.41) is 8.13. The molecule has 2 aliphatic rings. The standard InChI is InChI=1S/C37H37BClN7O11S2.HI/c1-19(33(49)56-38)57-43-26(25-29(39)59-35(41-25)42-36(51)55-37(2,3)4)30(47)40-27-31(48)46-28(34(50)54-17-20-9-11-22(52-5)12-10-20)21(18-58-32(27)46)16-44-14-7-8-24-23(44)13-15-45(24)53-6;/h7-15,19,27,32H,16-18H2,1-6H3,(H-,40,41,42,47,51);1H/b43-26-;/t19-,27?,32?;/m0./s1. The maximum Gasteiger partial charge on any atom is 0.413 e. The number of nitrogens with one attached hydrogen (secondary N) is 2. The fraction of sp³-hybridized carbons (Fsp3) is 0.351. The molecular formula is C37H38BClIN7O11S2. The van der Waals surface area contributed by atoms with Crippen molar-refractivity contribution in [3.63, 3.8) is 0 Å². The molecule has 3 amide bonds.